The average Bonchev–Trinajstić information content (AvgIpc) is 2.55. The summed E-state index contributed by atoms with van der Waals surface area (Å²) in [6, 6.07) is 14.2. The SMILES string of the molecule is CCc1ccccc1NC(=S)NNC(=S)Nc1ccccc1F. The van der Waals surface area contributed by atoms with Crippen LogP contribution in [0.25, 0.3) is 0 Å². The predicted octanol–water partition coefficient (Wildman–Crippen LogP) is 3.58. The van der Waals surface area contributed by atoms with Gasteiger partial charge in [0.15, 0.2) is 10.2 Å². The molecule has 0 bridgehead atoms. The molecular weight excluding hydrogens is 331 g/mol. The van der Waals surface area contributed by atoms with E-state index in [1.807, 2.05) is 24.3 Å². The highest BCUT2D eigenvalue weighted by molar-refractivity contribution is 7.81. The first-order valence-corrected chi connectivity index (χ1v) is 7.88. The topological polar surface area (TPSA) is 48.1 Å². The Morgan fingerprint density at radius 3 is 2.00 bits per heavy atom. The van der Waals surface area contributed by atoms with Gasteiger partial charge in [0.05, 0.1) is 5.69 Å². The minimum Gasteiger partial charge on any atom is -0.331 e. The number of aryl methyl sites for hydroxylation is 1. The molecule has 0 spiro atoms. The standard InChI is InChI=1S/C16H17FN4S2/c1-2-11-7-3-5-9-13(11)18-15(22)20-21-16(23)19-14-10-6-4-8-12(14)17/h3-10H,2H2,1H3,(H2,18,20,22)(H2,19,21,23). The van der Waals surface area contributed by atoms with Crippen molar-refractivity contribution in [1.82, 2.24) is 10.9 Å². The maximum absolute atomic E-state index is 13.5. The van der Waals surface area contributed by atoms with Gasteiger partial charge in [-0.1, -0.05) is 37.3 Å². The van der Waals surface area contributed by atoms with Crippen molar-refractivity contribution in [2.24, 2.45) is 0 Å². The molecular formula is C16H17FN4S2. The summed E-state index contributed by atoms with van der Waals surface area (Å²) in [6.07, 6.45) is 0.895. The van der Waals surface area contributed by atoms with Crippen LogP contribution in [0.3, 0.4) is 0 Å². The molecule has 0 aliphatic heterocycles. The Morgan fingerprint density at radius 2 is 1.39 bits per heavy atom. The van der Waals surface area contributed by atoms with Gasteiger partial charge in [0, 0.05) is 5.69 Å². The smallest absolute Gasteiger partial charge is 0.189 e. The molecule has 0 aromatic heterocycles. The number of benzene rings is 2. The molecule has 2 rings (SSSR count). The zero-order valence-corrected chi connectivity index (χ0v) is 14.2. The first-order valence-electron chi connectivity index (χ1n) is 7.06. The monoisotopic (exact) mass is 348 g/mol. The minimum absolute atomic E-state index is 0.211. The van der Waals surface area contributed by atoms with E-state index in [1.165, 1.54) is 6.07 Å². The fraction of sp³-hybridized carbons (Fsp3) is 0.125. The largest absolute Gasteiger partial charge is 0.331 e. The summed E-state index contributed by atoms with van der Waals surface area (Å²) in [5, 5.41) is 6.41. The van der Waals surface area contributed by atoms with E-state index in [0.717, 1.165) is 17.7 Å². The van der Waals surface area contributed by atoms with Crippen molar-refractivity contribution in [1.29, 1.82) is 0 Å². The van der Waals surface area contributed by atoms with E-state index in [1.54, 1.807) is 18.2 Å². The van der Waals surface area contributed by atoms with Crippen molar-refractivity contribution >= 4 is 46.0 Å². The molecule has 0 heterocycles. The lowest BCUT2D eigenvalue weighted by Crippen LogP contribution is -2.45. The van der Waals surface area contributed by atoms with Crippen LogP contribution in [0.1, 0.15) is 12.5 Å². The number of rotatable bonds is 3. The van der Waals surface area contributed by atoms with Crippen molar-refractivity contribution in [2.75, 3.05) is 10.6 Å². The molecule has 7 heteroatoms. The van der Waals surface area contributed by atoms with Crippen LogP contribution in [0.15, 0.2) is 48.5 Å². The number of halogens is 1. The Balaban J connectivity index is 1.84. The van der Waals surface area contributed by atoms with E-state index >= 15 is 0 Å². The molecule has 4 N–H and O–H groups in total. The second-order valence-electron chi connectivity index (χ2n) is 4.65. The third-order valence-corrected chi connectivity index (χ3v) is 3.47. The second kappa shape index (κ2) is 8.40. The molecule has 120 valence electrons. The highest BCUT2D eigenvalue weighted by atomic mass is 32.1. The molecule has 2 aromatic rings. The quantitative estimate of drug-likeness (QED) is 0.502. The van der Waals surface area contributed by atoms with Gasteiger partial charge >= 0.3 is 0 Å². The van der Waals surface area contributed by atoms with Crippen LogP contribution >= 0.6 is 24.4 Å². The van der Waals surface area contributed by atoms with E-state index in [0.29, 0.717) is 10.8 Å². The Morgan fingerprint density at radius 1 is 0.870 bits per heavy atom. The molecule has 0 fully saturated rings. The highest BCUT2D eigenvalue weighted by Gasteiger charge is 2.04. The van der Waals surface area contributed by atoms with Gasteiger partial charge < -0.3 is 10.6 Å². The number of para-hydroxylation sites is 2. The van der Waals surface area contributed by atoms with E-state index in [9.17, 15) is 4.39 Å². The van der Waals surface area contributed by atoms with Gasteiger partial charge in [-0.3, -0.25) is 10.9 Å². The van der Waals surface area contributed by atoms with Crippen LogP contribution < -0.4 is 21.5 Å². The molecule has 0 aliphatic rings. The summed E-state index contributed by atoms with van der Waals surface area (Å²) in [5.41, 5.74) is 7.86. The van der Waals surface area contributed by atoms with Gasteiger partial charge in [-0.2, -0.15) is 0 Å². The maximum atomic E-state index is 13.5. The Labute approximate surface area is 145 Å². The molecule has 0 amide bonds. The summed E-state index contributed by atoms with van der Waals surface area (Å²) in [5.74, 6) is -0.380. The van der Waals surface area contributed by atoms with Crippen LogP contribution in [0.2, 0.25) is 0 Å². The summed E-state index contributed by atoms with van der Waals surface area (Å²) < 4.78 is 13.5. The van der Waals surface area contributed by atoms with Crippen molar-refractivity contribution < 1.29 is 4.39 Å². The number of hydrogen-bond acceptors (Lipinski definition) is 2. The van der Waals surface area contributed by atoms with E-state index < -0.39 is 0 Å². The molecule has 0 aliphatic carbocycles. The van der Waals surface area contributed by atoms with E-state index in [4.69, 9.17) is 24.4 Å². The van der Waals surface area contributed by atoms with Crippen molar-refractivity contribution in [3.05, 3.63) is 59.9 Å². The lowest BCUT2D eigenvalue weighted by atomic mass is 10.1. The zero-order valence-electron chi connectivity index (χ0n) is 12.5. The number of hydrogen-bond donors (Lipinski definition) is 4. The second-order valence-corrected chi connectivity index (χ2v) is 5.47. The number of nitrogens with one attached hydrogen (secondary N) is 4. The van der Waals surface area contributed by atoms with E-state index in [2.05, 4.69) is 28.4 Å². The molecule has 23 heavy (non-hydrogen) atoms. The Bertz CT molecular complexity index is 706. The average molecular weight is 348 g/mol. The van der Waals surface area contributed by atoms with Crippen molar-refractivity contribution in [3.8, 4) is 0 Å². The molecule has 4 nitrogen and oxygen atoms in total. The molecule has 0 saturated heterocycles. The predicted molar refractivity (Wildman–Crippen MR) is 101 cm³/mol. The lowest BCUT2D eigenvalue weighted by Gasteiger charge is -2.16. The highest BCUT2D eigenvalue weighted by Crippen LogP contribution is 2.15. The molecule has 0 saturated carbocycles. The third-order valence-electron chi connectivity index (χ3n) is 3.06. The van der Waals surface area contributed by atoms with Crippen LogP contribution in [0, 0.1) is 5.82 Å². The van der Waals surface area contributed by atoms with Crippen LogP contribution in [0.5, 0.6) is 0 Å². The van der Waals surface area contributed by atoms with Crippen LogP contribution in [0.4, 0.5) is 15.8 Å². The number of hydrazine groups is 1. The fourth-order valence-corrected chi connectivity index (χ4v) is 2.26. The van der Waals surface area contributed by atoms with Crippen LogP contribution in [-0.2, 0) is 6.42 Å². The van der Waals surface area contributed by atoms with Gasteiger partial charge in [0.25, 0.3) is 0 Å². The van der Waals surface area contributed by atoms with Crippen molar-refractivity contribution in [3.63, 3.8) is 0 Å². The first-order chi connectivity index (χ1) is 11.1. The summed E-state index contributed by atoms with van der Waals surface area (Å²) in [7, 11) is 0. The normalized spacial score (nSPS) is 9.83. The van der Waals surface area contributed by atoms with Gasteiger partial charge in [-0.25, -0.2) is 4.39 Å². The van der Waals surface area contributed by atoms with Crippen LogP contribution in [-0.4, -0.2) is 10.2 Å². The Hall–Kier alpha value is -2.25. The minimum atomic E-state index is -0.380. The third kappa shape index (κ3) is 5.15. The van der Waals surface area contributed by atoms with Gasteiger partial charge in [0.1, 0.15) is 5.82 Å². The Kier molecular flexibility index (Phi) is 6.25. The molecule has 0 unspecified atom stereocenters. The molecule has 2 aromatic carbocycles. The lowest BCUT2D eigenvalue weighted by molar-refractivity contribution is 0.632. The summed E-state index contributed by atoms with van der Waals surface area (Å²) in [6.45, 7) is 2.07. The van der Waals surface area contributed by atoms with Gasteiger partial charge in [-0.15, -0.1) is 0 Å². The van der Waals surface area contributed by atoms with Gasteiger partial charge in [-0.05, 0) is 54.6 Å². The van der Waals surface area contributed by atoms with Gasteiger partial charge in [0.2, 0.25) is 0 Å². The first kappa shape index (κ1) is 17.1. The number of thiocarbonyl (C=S) groups is 2. The number of anilines is 2. The molecule has 0 radical (unpaired) electrons. The summed E-state index contributed by atoms with van der Waals surface area (Å²) in [4.78, 5) is 0. The van der Waals surface area contributed by atoms with E-state index in [-0.39, 0.29) is 10.9 Å². The van der Waals surface area contributed by atoms with Crippen molar-refractivity contribution in [2.45, 2.75) is 13.3 Å². The molecule has 0 atom stereocenters. The fourth-order valence-electron chi connectivity index (χ4n) is 1.93. The zero-order chi connectivity index (χ0) is 16.7. The maximum Gasteiger partial charge on any atom is 0.189 e. The summed E-state index contributed by atoms with van der Waals surface area (Å²) >= 11 is 10.3.